The van der Waals surface area contributed by atoms with Gasteiger partial charge in [0.15, 0.2) is 0 Å². The summed E-state index contributed by atoms with van der Waals surface area (Å²) in [5.41, 5.74) is 0.493. The standard InChI is InChI=1S/C14H17N5O2/c1-14(21)6-3-7-19(9-14)13(20)11-5-2-4-10(8-11)12-15-17-18-16-12/h2,4-5,8,21H,3,6-7,9H2,1H3,(H,15,16,17,18). The Morgan fingerprint density at radius 3 is 3.05 bits per heavy atom. The van der Waals surface area contributed by atoms with Crippen molar-refractivity contribution in [3.63, 3.8) is 0 Å². The lowest BCUT2D eigenvalue weighted by atomic mass is 9.94. The summed E-state index contributed by atoms with van der Waals surface area (Å²) in [4.78, 5) is 14.3. The average Bonchev–Trinajstić information content (AvgIpc) is 3.00. The zero-order valence-electron chi connectivity index (χ0n) is 11.8. The predicted octanol–water partition coefficient (Wildman–Crippen LogP) is 0.854. The Morgan fingerprint density at radius 2 is 2.33 bits per heavy atom. The van der Waals surface area contributed by atoms with E-state index in [0.29, 0.717) is 24.5 Å². The van der Waals surface area contributed by atoms with Crippen molar-refractivity contribution in [2.75, 3.05) is 13.1 Å². The summed E-state index contributed by atoms with van der Waals surface area (Å²) in [7, 11) is 0. The predicted molar refractivity (Wildman–Crippen MR) is 75.4 cm³/mol. The molecule has 1 aliphatic rings. The minimum atomic E-state index is -0.806. The lowest BCUT2D eigenvalue weighted by Gasteiger charge is -2.36. The molecule has 1 saturated heterocycles. The molecule has 0 radical (unpaired) electrons. The van der Waals surface area contributed by atoms with Gasteiger partial charge in [-0.1, -0.05) is 12.1 Å². The number of carbonyl (C=O) groups excluding carboxylic acids is 1. The molecule has 1 atom stereocenters. The van der Waals surface area contributed by atoms with Crippen molar-refractivity contribution in [3.8, 4) is 11.4 Å². The molecule has 1 aromatic heterocycles. The summed E-state index contributed by atoms with van der Waals surface area (Å²) in [6.45, 7) is 2.79. The van der Waals surface area contributed by atoms with E-state index in [0.717, 1.165) is 18.4 Å². The van der Waals surface area contributed by atoms with Gasteiger partial charge in [-0.25, -0.2) is 0 Å². The first-order valence-electron chi connectivity index (χ1n) is 6.91. The average molecular weight is 287 g/mol. The van der Waals surface area contributed by atoms with E-state index in [-0.39, 0.29) is 5.91 Å². The zero-order valence-corrected chi connectivity index (χ0v) is 11.8. The molecule has 0 spiro atoms. The molecule has 2 heterocycles. The van der Waals surface area contributed by atoms with E-state index in [1.807, 2.05) is 6.07 Å². The van der Waals surface area contributed by atoms with E-state index in [9.17, 15) is 9.90 Å². The number of benzene rings is 1. The molecule has 7 nitrogen and oxygen atoms in total. The maximum absolute atomic E-state index is 12.6. The number of aromatic amines is 1. The van der Waals surface area contributed by atoms with Gasteiger partial charge >= 0.3 is 0 Å². The fourth-order valence-electron chi connectivity index (χ4n) is 2.65. The first-order valence-corrected chi connectivity index (χ1v) is 6.91. The highest BCUT2D eigenvalue weighted by Gasteiger charge is 2.31. The second-order valence-electron chi connectivity index (χ2n) is 5.64. The molecular formula is C14H17N5O2. The molecule has 1 unspecified atom stereocenters. The zero-order chi connectivity index (χ0) is 14.9. The molecule has 3 rings (SSSR count). The van der Waals surface area contributed by atoms with Crippen LogP contribution in [0.5, 0.6) is 0 Å². The molecule has 0 bridgehead atoms. The lowest BCUT2D eigenvalue weighted by molar-refractivity contribution is -0.0107. The highest BCUT2D eigenvalue weighted by Crippen LogP contribution is 2.23. The number of piperidine rings is 1. The van der Waals surface area contributed by atoms with Gasteiger partial charge in [-0.3, -0.25) is 4.79 Å². The van der Waals surface area contributed by atoms with Gasteiger partial charge in [-0.05, 0) is 37.1 Å². The smallest absolute Gasteiger partial charge is 0.253 e. The van der Waals surface area contributed by atoms with Crippen LogP contribution in [-0.4, -0.2) is 55.2 Å². The van der Waals surface area contributed by atoms with Crippen LogP contribution in [0.1, 0.15) is 30.1 Å². The highest BCUT2D eigenvalue weighted by atomic mass is 16.3. The number of likely N-dealkylation sites (tertiary alicyclic amines) is 1. The minimum Gasteiger partial charge on any atom is -0.388 e. The van der Waals surface area contributed by atoms with Gasteiger partial charge in [0, 0.05) is 24.2 Å². The molecule has 1 aliphatic heterocycles. The summed E-state index contributed by atoms with van der Waals surface area (Å²) < 4.78 is 0. The number of carbonyl (C=O) groups is 1. The van der Waals surface area contributed by atoms with E-state index >= 15 is 0 Å². The quantitative estimate of drug-likeness (QED) is 0.854. The van der Waals surface area contributed by atoms with Crippen LogP contribution >= 0.6 is 0 Å². The highest BCUT2D eigenvalue weighted by molar-refractivity contribution is 5.95. The second kappa shape index (κ2) is 5.25. The van der Waals surface area contributed by atoms with E-state index in [1.54, 1.807) is 30.0 Å². The van der Waals surface area contributed by atoms with E-state index in [1.165, 1.54) is 0 Å². The van der Waals surface area contributed by atoms with Crippen molar-refractivity contribution in [3.05, 3.63) is 29.8 Å². The Labute approximate surface area is 122 Å². The van der Waals surface area contributed by atoms with Crippen molar-refractivity contribution < 1.29 is 9.90 Å². The van der Waals surface area contributed by atoms with Gasteiger partial charge in [0.1, 0.15) is 0 Å². The molecule has 0 saturated carbocycles. The van der Waals surface area contributed by atoms with Crippen molar-refractivity contribution in [1.82, 2.24) is 25.5 Å². The van der Waals surface area contributed by atoms with E-state index < -0.39 is 5.60 Å². The van der Waals surface area contributed by atoms with Crippen LogP contribution in [-0.2, 0) is 0 Å². The summed E-state index contributed by atoms with van der Waals surface area (Å²) >= 11 is 0. The molecule has 7 heteroatoms. The number of hydrogen-bond acceptors (Lipinski definition) is 5. The van der Waals surface area contributed by atoms with Crippen LogP contribution in [0.4, 0.5) is 0 Å². The lowest BCUT2D eigenvalue weighted by Crippen LogP contribution is -2.48. The fourth-order valence-corrected chi connectivity index (χ4v) is 2.65. The Balaban J connectivity index is 1.83. The van der Waals surface area contributed by atoms with Crippen LogP contribution in [0, 0.1) is 0 Å². The van der Waals surface area contributed by atoms with Crippen LogP contribution in [0.25, 0.3) is 11.4 Å². The first-order chi connectivity index (χ1) is 10.1. The van der Waals surface area contributed by atoms with E-state index in [2.05, 4.69) is 20.6 Å². The minimum absolute atomic E-state index is 0.0830. The van der Waals surface area contributed by atoms with Gasteiger partial charge in [0.25, 0.3) is 5.91 Å². The molecule has 2 N–H and O–H groups in total. The van der Waals surface area contributed by atoms with Crippen LogP contribution in [0.15, 0.2) is 24.3 Å². The normalized spacial score (nSPS) is 22.3. The second-order valence-corrected chi connectivity index (χ2v) is 5.64. The van der Waals surface area contributed by atoms with Gasteiger partial charge in [-0.2, -0.15) is 5.21 Å². The number of nitrogens with zero attached hydrogens (tertiary/aromatic N) is 4. The number of β-amino-alcohol motifs (C(OH)–C–C–N with tert-alkyl or cyclic N) is 1. The van der Waals surface area contributed by atoms with Crippen molar-refractivity contribution in [2.45, 2.75) is 25.4 Å². The molecule has 110 valence electrons. The summed E-state index contributed by atoms with van der Waals surface area (Å²) in [6.07, 6.45) is 1.53. The molecule has 1 amide bonds. The van der Waals surface area contributed by atoms with Crippen molar-refractivity contribution >= 4 is 5.91 Å². The molecule has 0 aliphatic carbocycles. The number of H-pyrrole nitrogens is 1. The Kier molecular flexibility index (Phi) is 3.42. The third kappa shape index (κ3) is 2.92. The fraction of sp³-hybridized carbons (Fsp3) is 0.429. The molecule has 21 heavy (non-hydrogen) atoms. The number of aliphatic hydroxyl groups is 1. The third-order valence-electron chi connectivity index (χ3n) is 3.68. The molecule has 1 aromatic carbocycles. The number of aromatic nitrogens is 4. The first kappa shape index (κ1) is 13.7. The Morgan fingerprint density at radius 1 is 1.48 bits per heavy atom. The van der Waals surface area contributed by atoms with E-state index in [4.69, 9.17) is 0 Å². The van der Waals surface area contributed by atoms with Crippen molar-refractivity contribution in [1.29, 1.82) is 0 Å². The maximum atomic E-state index is 12.6. The molecule has 2 aromatic rings. The van der Waals surface area contributed by atoms with Crippen LogP contribution in [0.2, 0.25) is 0 Å². The number of rotatable bonds is 2. The topological polar surface area (TPSA) is 95.0 Å². The summed E-state index contributed by atoms with van der Waals surface area (Å²) in [6, 6.07) is 7.13. The Hall–Kier alpha value is -2.28. The number of tetrazole rings is 1. The number of nitrogens with one attached hydrogen (secondary N) is 1. The van der Waals surface area contributed by atoms with Crippen LogP contribution in [0.3, 0.4) is 0 Å². The SMILES string of the molecule is CC1(O)CCCN(C(=O)c2cccc(-c3nn[nH]n3)c2)C1. The van der Waals surface area contributed by atoms with Gasteiger partial charge < -0.3 is 10.0 Å². The Bertz CT molecular complexity index is 639. The van der Waals surface area contributed by atoms with Crippen molar-refractivity contribution in [2.24, 2.45) is 0 Å². The van der Waals surface area contributed by atoms with Gasteiger partial charge in [0.05, 0.1) is 5.60 Å². The number of hydrogen-bond donors (Lipinski definition) is 2. The number of amides is 1. The van der Waals surface area contributed by atoms with Gasteiger partial charge in [0.2, 0.25) is 5.82 Å². The largest absolute Gasteiger partial charge is 0.388 e. The molecular weight excluding hydrogens is 270 g/mol. The molecule has 1 fully saturated rings. The van der Waals surface area contributed by atoms with Gasteiger partial charge in [-0.15, -0.1) is 10.2 Å². The maximum Gasteiger partial charge on any atom is 0.253 e. The summed E-state index contributed by atoms with van der Waals surface area (Å²) in [5.74, 6) is 0.371. The monoisotopic (exact) mass is 287 g/mol. The third-order valence-corrected chi connectivity index (χ3v) is 3.68. The van der Waals surface area contributed by atoms with Crippen LogP contribution < -0.4 is 0 Å². The summed E-state index contributed by atoms with van der Waals surface area (Å²) in [5, 5.41) is 23.8.